The molecule has 0 atom stereocenters. The molecule has 0 radical (unpaired) electrons. The van der Waals surface area contributed by atoms with Gasteiger partial charge in [-0.2, -0.15) is 0 Å². The molecule has 4 rings (SSSR count). The molecule has 0 aliphatic carbocycles. The van der Waals surface area contributed by atoms with Crippen LogP contribution in [0, 0.1) is 13.8 Å². The third kappa shape index (κ3) is 3.48. The van der Waals surface area contributed by atoms with E-state index in [1.54, 1.807) is 6.92 Å². The van der Waals surface area contributed by atoms with Gasteiger partial charge in [-0.3, -0.25) is 9.78 Å². The fourth-order valence-electron chi connectivity index (χ4n) is 2.61. The van der Waals surface area contributed by atoms with Gasteiger partial charge in [0, 0.05) is 11.6 Å². The second-order valence-electron chi connectivity index (χ2n) is 5.83. The van der Waals surface area contributed by atoms with Crippen molar-refractivity contribution in [1.82, 2.24) is 15.0 Å². The number of fused-ring (bicyclic) bond motifs is 1. The van der Waals surface area contributed by atoms with Crippen molar-refractivity contribution in [1.29, 1.82) is 0 Å². The summed E-state index contributed by atoms with van der Waals surface area (Å²) >= 11 is 7.41. The van der Waals surface area contributed by atoms with Gasteiger partial charge in [0.25, 0.3) is 5.91 Å². The number of halogens is 3. The number of hydrogen-bond acceptors (Lipinski definition) is 7. The fraction of sp³-hybridized carbons (Fsp3) is 0.176. The number of carbonyl (C=O) groups excluding carboxylic acids is 1. The van der Waals surface area contributed by atoms with Crippen molar-refractivity contribution < 1.29 is 23.0 Å². The molecule has 0 saturated heterocycles. The highest BCUT2D eigenvalue weighted by Gasteiger charge is 2.43. The van der Waals surface area contributed by atoms with E-state index in [1.165, 1.54) is 35.9 Å². The summed E-state index contributed by atoms with van der Waals surface area (Å²) in [5, 5.41) is 3.56. The Morgan fingerprint density at radius 2 is 1.89 bits per heavy atom. The SMILES string of the molecule is Cc1nc(C)c(C(=O)Nc2cnc(-c3cc4c(cc3Cl)OC(F)(F)O4)cn2)s1. The second-order valence-corrected chi connectivity index (χ2v) is 7.45. The first-order chi connectivity index (χ1) is 13.2. The lowest BCUT2D eigenvalue weighted by Gasteiger charge is -2.07. The number of thiazole rings is 1. The Morgan fingerprint density at radius 1 is 1.18 bits per heavy atom. The molecule has 144 valence electrons. The summed E-state index contributed by atoms with van der Waals surface area (Å²) in [6, 6.07) is 2.52. The molecule has 11 heteroatoms. The molecule has 0 fully saturated rings. The zero-order chi connectivity index (χ0) is 20.1. The number of aryl methyl sites for hydroxylation is 2. The lowest BCUT2D eigenvalue weighted by atomic mass is 10.1. The molecule has 0 saturated carbocycles. The number of hydrogen-bond donors (Lipinski definition) is 1. The van der Waals surface area contributed by atoms with Crippen molar-refractivity contribution in [3.63, 3.8) is 0 Å². The molecule has 1 amide bonds. The molecular weight excluding hydrogens is 414 g/mol. The standard InChI is InChI=1S/C17H11ClF2N4O3S/c1-7-15(28-8(2)23-7)16(25)24-14-6-21-11(5-22-14)9-3-12-13(4-10(9)18)27-17(19,20)26-12/h3-6H,1-2H3,(H,22,24,25). The normalized spacial score (nSPS) is 14.2. The van der Waals surface area contributed by atoms with Crippen LogP contribution in [0.5, 0.6) is 11.5 Å². The highest BCUT2D eigenvalue weighted by Crippen LogP contribution is 2.45. The van der Waals surface area contributed by atoms with Crippen LogP contribution in [0.2, 0.25) is 5.02 Å². The predicted molar refractivity (Wildman–Crippen MR) is 98.2 cm³/mol. The first kappa shape index (κ1) is 18.5. The van der Waals surface area contributed by atoms with Gasteiger partial charge in [0.2, 0.25) is 0 Å². The number of carbonyl (C=O) groups is 1. The Bertz CT molecular complexity index is 1090. The lowest BCUT2D eigenvalue weighted by Crippen LogP contribution is -2.25. The Hall–Kier alpha value is -2.85. The molecule has 1 N–H and O–H groups in total. The van der Waals surface area contributed by atoms with Crippen LogP contribution in [-0.2, 0) is 0 Å². The summed E-state index contributed by atoms with van der Waals surface area (Å²) in [5.74, 6) is -0.429. The van der Waals surface area contributed by atoms with Gasteiger partial charge in [-0.25, -0.2) is 9.97 Å². The first-order valence-corrected chi connectivity index (χ1v) is 9.08. The number of nitrogens with zero attached hydrogens (tertiary/aromatic N) is 3. The average Bonchev–Trinajstić information content (AvgIpc) is 3.11. The van der Waals surface area contributed by atoms with Crippen LogP contribution in [0.1, 0.15) is 20.4 Å². The van der Waals surface area contributed by atoms with E-state index in [9.17, 15) is 13.6 Å². The number of ether oxygens (including phenoxy) is 2. The van der Waals surface area contributed by atoms with Gasteiger partial charge < -0.3 is 14.8 Å². The van der Waals surface area contributed by atoms with Crippen LogP contribution < -0.4 is 14.8 Å². The Morgan fingerprint density at radius 3 is 2.50 bits per heavy atom. The van der Waals surface area contributed by atoms with Gasteiger partial charge in [-0.15, -0.1) is 20.1 Å². The van der Waals surface area contributed by atoms with Gasteiger partial charge in [-0.1, -0.05) is 11.6 Å². The van der Waals surface area contributed by atoms with E-state index in [0.29, 0.717) is 21.8 Å². The fourth-order valence-corrected chi connectivity index (χ4v) is 3.68. The maximum Gasteiger partial charge on any atom is 0.586 e. The maximum atomic E-state index is 13.2. The van der Waals surface area contributed by atoms with Crippen LogP contribution in [0.25, 0.3) is 11.3 Å². The summed E-state index contributed by atoms with van der Waals surface area (Å²) < 4.78 is 35.2. The van der Waals surface area contributed by atoms with Crippen LogP contribution in [-0.4, -0.2) is 27.2 Å². The van der Waals surface area contributed by atoms with Gasteiger partial charge in [0.1, 0.15) is 4.88 Å². The smallest absolute Gasteiger partial charge is 0.395 e. The number of benzene rings is 1. The largest absolute Gasteiger partial charge is 0.586 e. The van der Waals surface area contributed by atoms with Crippen LogP contribution in [0.15, 0.2) is 24.5 Å². The molecule has 7 nitrogen and oxygen atoms in total. The molecule has 1 aromatic carbocycles. The van der Waals surface area contributed by atoms with Crippen molar-refractivity contribution >= 4 is 34.7 Å². The molecule has 0 bridgehead atoms. The molecule has 2 aromatic heterocycles. The summed E-state index contributed by atoms with van der Waals surface area (Å²) in [6.07, 6.45) is -1.04. The van der Waals surface area contributed by atoms with Gasteiger partial charge in [0.05, 0.1) is 33.8 Å². The molecule has 3 aromatic rings. The number of aromatic nitrogens is 3. The van der Waals surface area contributed by atoms with Crippen LogP contribution >= 0.6 is 22.9 Å². The van der Waals surface area contributed by atoms with E-state index in [2.05, 4.69) is 29.7 Å². The summed E-state index contributed by atoms with van der Waals surface area (Å²) in [4.78, 5) is 25.3. The van der Waals surface area contributed by atoms with Gasteiger partial charge in [0.15, 0.2) is 17.3 Å². The van der Waals surface area contributed by atoms with Crippen molar-refractivity contribution in [2.24, 2.45) is 0 Å². The average molecular weight is 425 g/mol. The highest BCUT2D eigenvalue weighted by molar-refractivity contribution is 7.13. The maximum absolute atomic E-state index is 13.2. The van der Waals surface area contributed by atoms with Crippen molar-refractivity contribution in [3.05, 3.63) is 45.1 Å². The molecule has 28 heavy (non-hydrogen) atoms. The Kier molecular flexibility index (Phi) is 4.39. The second kappa shape index (κ2) is 6.64. The zero-order valence-electron chi connectivity index (χ0n) is 14.4. The summed E-state index contributed by atoms with van der Waals surface area (Å²) in [7, 11) is 0. The molecular formula is C17H11ClF2N4O3S. The van der Waals surface area contributed by atoms with Crippen molar-refractivity contribution in [3.8, 4) is 22.8 Å². The van der Waals surface area contributed by atoms with Crippen molar-refractivity contribution in [2.75, 3.05) is 5.32 Å². The van der Waals surface area contributed by atoms with Crippen LogP contribution in [0.3, 0.4) is 0 Å². The molecule has 0 unspecified atom stereocenters. The first-order valence-electron chi connectivity index (χ1n) is 7.89. The Balaban J connectivity index is 1.56. The van der Waals surface area contributed by atoms with Crippen molar-refractivity contribution in [2.45, 2.75) is 20.1 Å². The lowest BCUT2D eigenvalue weighted by molar-refractivity contribution is -0.286. The number of rotatable bonds is 3. The quantitative estimate of drug-likeness (QED) is 0.668. The molecule has 1 aliphatic rings. The summed E-state index contributed by atoms with van der Waals surface area (Å²) in [6.45, 7) is 3.56. The van der Waals surface area contributed by atoms with E-state index >= 15 is 0 Å². The highest BCUT2D eigenvalue weighted by atomic mass is 35.5. The minimum atomic E-state index is -3.74. The minimum absolute atomic E-state index is 0.141. The number of nitrogens with one attached hydrogen (secondary N) is 1. The third-order valence-electron chi connectivity index (χ3n) is 3.77. The van der Waals surface area contributed by atoms with Gasteiger partial charge in [-0.05, 0) is 19.9 Å². The minimum Gasteiger partial charge on any atom is -0.395 e. The molecule has 1 aliphatic heterocycles. The number of alkyl halides is 2. The van der Waals surface area contributed by atoms with E-state index in [-0.39, 0.29) is 28.2 Å². The number of amides is 1. The van der Waals surface area contributed by atoms with Crippen LogP contribution in [0.4, 0.5) is 14.6 Å². The van der Waals surface area contributed by atoms with E-state index in [1.807, 2.05) is 6.92 Å². The predicted octanol–water partition coefficient (Wildman–Crippen LogP) is 4.44. The summed E-state index contributed by atoms with van der Waals surface area (Å²) in [5.41, 5.74) is 1.28. The topological polar surface area (TPSA) is 86.2 Å². The van der Waals surface area contributed by atoms with E-state index < -0.39 is 6.29 Å². The molecule has 3 heterocycles. The third-order valence-corrected chi connectivity index (χ3v) is 5.15. The zero-order valence-corrected chi connectivity index (χ0v) is 16.0. The molecule has 0 spiro atoms. The number of anilines is 1. The van der Waals surface area contributed by atoms with E-state index in [4.69, 9.17) is 11.6 Å². The van der Waals surface area contributed by atoms with Gasteiger partial charge >= 0.3 is 6.29 Å². The Labute approximate surface area is 166 Å². The van der Waals surface area contributed by atoms with E-state index in [0.717, 1.165) is 5.01 Å². The monoisotopic (exact) mass is 424 g/mol.